The number of benzene rings is 1. The molecule has 0 aliphatic heterocycles. The maximum absolute atomic E-state index is 13.3. The van der Waals surface area contributed by atoms with Crippen LogP contribution in [0, 0.1) is 6.92 Å². The zero-order valence-electron chi connectivity index (χ0n) is 14.4. The molecule has 2 aromatic rings. The van der Waals surface area contributed by atoms with Crippen molar-refractivity contribution in [1.29, 1.82) is 0 Å². The van der Waals surface area contributed by atoms with Gasteiger partial charge in [0.05, 0.1) is 16.3 Å². The monoisotopic (exact) mass is 400 g/mol. The van der Waals surface area contributed by atoms with E-state index in [1.807, 2.05) is 0 Å². The van der Waals surface area contributed by atoms with Gasteiger partial charge in [-0.25, -0.2) is 0 Å². The molecular weight excluding hydrogens is 385 g/mol. The van der Waals surface area contributed by atoms with Crippen LogP contribution in [-0.4, -0.2) is 27.6 Å². The molecule has 1 aromatic heterocycles. The van der Waals surface area contributed by atoms with E-state index >= 15 is 0 Å². The molecule has 2 amide bonds. The van der Waals surface area contributed by atoms with Gasteiger partial charge in [-0.1, -0.05) is 11.6 Å². The number of nitrogens with one attached hydrogen (secondary N) is 2. The molecule has 0 bridgehead atoms. The van der Waals surface area contributed by atoms with E-state index in [2.05, 4.69) is 15.7 Å². The number of carbonyl (C=O) groups is 2. The second kappa shape index (κ2) is 6.88. The van der Waals surface area contributed by atoms with E-state index in [0.29, 0.717) is 0 Å². The Morgan fingerprint density at radius 1 is 1.26 bits per heavy atom. The Labute approximate surface area is 157 Å². The van der Waals surface area contributed by atoms with Crippen molar-refractivity contribution in [2.24, 2.45) is 7.05 Å². The number of halogens is 4. The highest BCUT2D eigenvalue weighted by Crippen LogP contribution is 2.34. The van der Waals surface area contributed by atoms with Crippen molar-refractivity contribution >= 4 is 29.1 Å². The summed E-state index contributed by atoms with van der Waals surface area (Å²) >= 11 is 6.03. The van der Waals surface area contributed by atoms with Crippen molar-refractivity contribution in [2.75, 3.05) is 5.32 Å². The van der Waals surface area contributed by atoms with Gasteiger partial charge in [-0.3, -0.25) is 14.3 Å². The summed E-state index contributed by atoms with van der Waals surface area (Å²) in [5.41, 5.74) is -1.71. The summed E-state index contributed by atoms with van der Waals surface area (Å²) in [5, 5.41) is 9.01. The van der Waals surface area contributed by atoms with Crippen molar-refractivity contribution in [3.8, 4) is 0 Å². The molecule has 0 radical (unpaired) electrons. The van der Waals surface area contributed by atoms with Crippen LogP contribution in [0.15, 0.2) is 18.2 Å². The van der Waals surface area contributed by atoms with E-state index in [4.69, 9.17) is 11.6 Å². The molecule has 0 saturated heterocycles. The summed E-state index contributed by atoms with van der Waals surface area (Å²) in [6, 6.07) is 4.25. The van der Waals surface area contributed by atoms with Crippen LogP contribution in [0.1, 0.15) is 44.9 Å². The SMILES string of the molecule is Cc1nn(C)c(C(=O)Nc2ccc(Cl)c(C(=O)NC3CC3)c2)c1C(F)(F)F. The van der Waals surface area contributed by atoms with E-state index < -0.39 is 29.2 Å². The molecule has 27 heavy (non-hydrogen) atoms. The van der Waals surface area contributed by atoms with E-state index in [-0.39, 0.29) is 28.0 Å². The summed E-state index contributed by atoms with van der Waals surface area (Å²) in [5.74, 6) is -1.38. The highest BCUT2D eigenvalue weighted by atomic mass is 35.5. The van der Waals surface area contributed by atoms with Crippen LogP contribution in [0.5, 0.6) is 0 Å². The fourth-order valence-electron chi connectivity index (χ4n) is 2.72. The lowest BCUT2D eigenvalue weighted by Crippen LogP contribution is -2.26. The molecule has 1 saturated carbocycles. The Kier molecular flexibility index (Phi) is 4.90. The second-order valence-corrected chi connectivity index (χ2v) is 6.73. The summed E-state index contributed by atoms with van der Waals surface area (Å²) in [6.45, 7) is 1.18. The van der Waals surface area contributed by atoms with E-state index in [9.17, 15) is 22.8 Å². The highest BCUT2D eigenvalue weighted by molar-refractivity contribution is 6.34. The van der Waals surface area contributed by atoms with Gasteiger partial charge < -0.3 is 10.6 Å². The number of amides is 2. The molecule has 0 unspecified atom stereocenters. The van der Waals surface area contributed by atoms with Gasteiger partial charge >= 0.3 is 6.18 Å². The molecule has 0 atom stereocenters. The average Bonchev–Trinajstić information content (AvgIpc) is 3.30. The first-order valence-corrected chi connectivity index (χ1v) is 8.48. The van der Waals surface area contributed by atoms with Gasteiger partial charge in [-0.15, -0.1) is 0 Å². The van der Waals surface area contributed by atoms with Crippen molar-refractivity contribution in [1.82, 2.24) is 15.1 Å². The molecule has 1 heterocycles. The molecule has 3 rings (SSSR count). The fourth-order valence-corrected chi connectivity index (χ4v) is 2.92. The number of aromatic nitrogens is 2. The van der Waals surface area contributed by atoms with Crippen LogP contribution in [0.25, 0.3) is 0 Å². The predicted molar refractivity (Wildman–Crippen MR) is 92.8 cm³/mol. The van der Waals surface area contributed by atoms with Crippen LogP contribution < -0.4 is 10.6 Å². The molecule has 0 spiro atoms. The van der Waals surface area contributed by atoms with Crippen LogP contribution in [0.4, 0.5) is 18.9 Å². The van der Waals surface area contributed by atoms with Crippen LogP contribution >= 0.6 is 11.6 Å². The number of hydrogen-bond donors (Lipinski definition) is 2. The van der Waals surface area contributed by atoms with Crippen molar-refractivity contribution < 1.29 is 22.8 Å². The van der Waals surface area contributed by atoms with Gasteiger partial charge in [0.2, 0.25) is 0 Å². The Bertz CT molecular complexity index is 920. The number of anilines is 1. The third kappa shape index (κ3) is 4.08. The lowest BCUT2D eigenvalue weighted by atomic mass is 10.1. The second-order valence-electron chi connectivity index (χ2n) is 6.33. The van der Waals surface area contributed by atoms with E-state index in [0.717, 1.165) is 17.5 Å². The molecule has 2 N–H and O–H groups in total. The maximum atomic E-state index is 13.3. The number of alkyl halides is 3. The molecule has 1 aliphatic carbocycles. The zero-order valence-corrected chi connectivity index (χ0v) is 15.2. The van der Waals surface area contributed by atoms with Gasteiger partial charge in [-0.2, -0.15) is 18.3 Å². The van der Waals surface area contributed by atoms with Gasteiger partial charge in [0.15, 0.2) is 0 Å². The normalized spacial score (nSPS) is 14.1. The average molecular weight is 401 g/mol. The van der Waals surface area contributed by atoms with Crippen molar-refractivity contribution in [2.45, 2.75) is 32.0 Å². The summed E-state index contributed by atoms with van der Waals surface area (Å²) in [4.78, 5) is 24.7. The Morgan fingerprint density at radius 2 is 1.93 bits per heavy atom. The summed E-state index contributed by atoms with van der Waals surface area (Å²) in [7, 11) is 1.26. The predicted octanol–water partition coefficient (Wildman–Crippen LogP) is 3.55. The first kappa shape index (κ1) is 19.2. The molecule has 1 aromatic carbocycles. The van der Waals surface area contributed by atoms with Crippen LogP contribution in [0.3, 0.4) is 0 Å². The quantitative estimate of drug-likeness (QED) is 0.824. The van der Waals surface area contributed by atoms with Gasteiger partial charge in [0.1, 0.15) is 11.3 Å². The van der Waals surface area contributed by atoms with Crippen molar-refractivity contribution in [3.05, 3.63) is 45.7 Å². The maximum Gasteiger partial charge on any atom is 0.420 e. The largest absolute Gasteiger partial charge is 0.420 e. The number of carbonyl (C=O) groups excluding carboxylic acids is 2. The van der Waals surface area contributed by atoms with E-state index in [1.54, 1.807) is 0 Å². The number of hydrogen-bond acceptors (Lipinski definition) is 3. The minimum absolute atomic E-state index is 0.110. The zero-order chi connectivity index (χ0) is 19.9. The molecule has 10 heteroatoms. The first-order valence-electron chi connectivity index (χ1n) is 8.10. The number of aryl methyl sites for hydroxylation is 2. The summed E-state index contributed by atoms with van der Waals surface area (Å²) in [6.07, 6.45) is -2.94. The lowest BCUT2D eigenvalue weighted by molar-refractivity contribution is -0.138. The standard InChI is InChI=1S/C17H16ClF3N4O2/c1-8-13(17(19,20)21)14(25(2)24-8)16(27)23-10-5-6-12(18)11(7-10)15(26)22-9-3-4-9/h5-7,9H,3-4H2,1-2H3,(H,22,26)(H,23,27). The Balaban J connectivity index is 1.88. The molecule has 6 nitrogen and oxygen atoms in total. The van der Waals surface area contributed by atoms with Gasteiger partial charge in [-0.05, 0) is 38.0 Å². The third-order valence-corrected chi connectivity index (χ3v) is 4.43. The molecular formula is C17H16ClF3N4O2. The van der Waals surface area contributed by atoms with Crippen molar-refractivity contribution in [3.63, 3.8) is 0 Å². The smallest absolute Gasteiger partial charge is 0.349 e. The molecule has 144 valence electrons. The summed E-state index contributed by atoms with van der Waals surface area (Å²) < 4.78 is 40.7. The molecule has 1 fully saturated rings. The lowest BCUT2D eigenvalue weighted by Gasteiger charge is -2.12. The highest BCUT2D eigenvalue weighted by Gasteiger charge is 2.40. The minimum Gasteiger partial charge on any atom is -0.349 e. The van der Waals surface area contributed by atoms with Crippen LogP contribution in [-0.2, 0) is 13.2 Å². The topological polar surface area (TPSA) is 76.0 Å². The van der Waals surface area contributed by atoms with Gasteiger partial charge in [0, 0.05) is 18.8 Å². The van der Waals surface area contributed by atoms with Crippen LogP contribution in [0.2, 0.25) is 5.02 Å². The van der Waals surface area contributed by atoms with Gasteiger partial charge in [0.25, 0.3) is 11.8 Å². The molecule has 1 aliphatic rings. The Morgan fingerprint density at radius 3 is 2.52 bits per heavy atom. The van der Waals surface area contributed by atoms with E-state index in [1.165, 1.54) is 32.2 Å². The minimum atomic E-state index is -4.72. The number of rotatable bonds is 4. The Hall–Kier alpha value is -2.55. The third-order valence-electron chi connectivity index (χ3n) is 4.10. The first-order chi connectivity index (χ1) is 12.6. The fraction of sp³-hybridized carbons (Fsp3) is 0.353. The number of nitrogens with zero attached hydrogens (tertiary/aromatic N) is 2.